The standard InChI is InChI=1S/C12H18O2/c1-4-5-12(13)11-7-6-10(14-3)8-9(11)2/h6-8,12-13H,4-5H2,1-3H3/t12-/m0/s1. The highest BCUT2D eigenvalue weighted by atomic mass is 16.5. The minimum Gasteiger partial charge on any atom is -0.497 e. The Bertz CT molecular complexity index is 294. The summed E-state index contributed by atoms with van der Waals surface area (Å²) in [6, 6.07) is 5.78. The number of hydrogen-bond donors (Lipinski definition) is 1. The Labute approximate surface area is 85.5 Å². The van der Waals surface area contributed by atoms with E-state index in [1.165, 1.54) is 0 Å². The summed E-state index contributed by atoms with van der Waals surface area (Å²) in [5.74, 6) is 0.843. The van der Waals surface area contributed by atoms with Crippen LogP contribution < -0.4 is 4.74 Å². The molecule has 0 heterocycles. The SMILES string of the molecule is CCC[C@H](O)c1ccc(OC)cc1C. The molecular formula is C12H18O2. The summed E-state index contributed by atoms with van der Waals surface area (Å²) in [6.45, 7) is 4.07. The molecule has 78 valence electrons. The first kappa shape index (κ1) is 11.1. The minimum atomic E-state index is -0.342. The Hall–Kier alpha value is -1.02. The third-order valence-corrected chi connectivity index (χ3v) is 2.40. The van der Waals surface area contributed by atoms with Gasteiger partial charge in [0.15, 0.2) is 0 Å². The maximum Gasteiger partial charge on any atom is 0.119 e. The van der Waals surface area contributed by atoms with Crippen LogP contribution in [0.3, 0.4) is 0 Å². The highest BCUT2D eigenvalue weighted by Gasteiger charge is 2.09. The molecule has 0 amide bonds. The number of hydrogen-bond acceptors (Lipinski definition) is 2. The number of ether oxygens (including phenoxy) is 1. The van der Waals surface area contributed by atoms with Gasteiger partial charge in [-0.3, -0.25) is 0 Å². The Morgan fingerprint density at radius 3 is 2.64 bits per heavy atom. The summed E-state index contributed by atoms with van der Waals surface area (Å²) in [6.07, 6.45) is 1.46. The van der Waals surface area contributed by atoms with Crippen LogP contribution >= 0.6 is 0 Å². The molecular weight excluding hydrogens is 176 g/mol. The van der Waals surface area contributed by atoms with Crippen molar-refractivity contribution in [2.24, 2.45) is 0 Å². The van der Waals surface area contributed by atoms with E-state index < -0.39 is 0 Å². The maximum absolute atomic E-state index is 9.82. The van der Waals surface area contributed by atoms with Crippen LogP contribution in [0, 0.1) is 6.92 Å². The third kappa shape index (κ3) is 2.48. The fourth-order valence-corrected chi connectivity index (χ4v) is 1.58. The zero-order valence-electron chi connectivity index (χ0n) is 9.08. The van der Waals surface area contributed by atoms with Gasteiger partial charge >= 0.3 is 0 Å². The first-order chi connectivity index (χ1) is 6.69. The van der Waals surface area contributed by atoms with E-state index in [1.807, 2.05) is 25.1 Å². The van der Waals surface area contributed by atoms with E-state index >= 15 is 0 Å². The van der Waals surface area contributed by atoms with Crippen LogP contribution in [0.4, 0.5) is 0 Å². The number of aryl methyl sites for hydroxylation is 1. The summed E-state index contributed by atoms with van der Waals surface area (Å²) in [4.78, 5) is 0. The molecule has 14 heavy (non-hydrogen) atoms. The maximum atomic E-state index is 9.82. The van der Waals surface area contributed by atoms with Gasteiger partial charge in [0, 0.05) is 0 Å². The normalized spacial score (nSPS) is 12.6. The molecule has 0 bridgehead atoms. The second-order valence-corrected chi connectivity index (χ2v) is 3.53. The quantitative estimate of drug-likeness (QED) is 0.798. The van der Waals surface area contributed by atoms with Crippen molar-refractivity contribution < 1.29 is 9.84 Å². The van der Waals surface area contributed by atoms with Gasteiger partial charge < -0.3 is 9.84 Å². The summed E-state index contributed by atoms with van der Waals surface area (Å²) in [7, 11) is 1.65. The Kier molecular flexibility index (Phi) is 3.96. The first-order valence-corrected chi connectivity index (χ1v) is 5.01. The molecule has 2 nitrogen and oxygen atoms in total. The van der Waals surface area contributed by atoms with Crippen molar-refractivity contribution in [3.63, 3.8) is 0 Å². The van der Waals surface area contributed by atoms with Crippen LogP contribution in [-0.4, -0.2) is 12.2 Å². The number of benzene rings is 1. The largest absolute Gasteiger partial charge is 0.497 e. The molecule has 0 fully saturated rings. The molecule has 0 saturated heterocycles. The molecule has 0 saturated carbocycles. The molecule has 2 heteroatoms. The summed E-state index contributed by atoms with van der Waals surface area (Å²) < 4.78 is 5.11. The lowest BCUT2D eigenvalue weighted by molar-refractivity contribution is 0.165. The van der Waals surface area contributed by atoms with Crippen molar-refractivity contribution in [3.8, 4) is 5.75 Å². The molecule has 1 aromatic carbocycles. The topological polar surface area (TPSA) is 29.5 Å². The fourth-order valence-electron chi connectivity index (χ4n) is 1.58. The van der Waals surface area contributed by atoms with E-state index in [0.717, 1.165) is 29.7 Å². The molecule has 0 aliphatic rings. The molecule has 0 radical (unpaired) electrons. The predicted octanol–water partition coefficient (Wildman–Crippen LogP) is 2.84. The first-order valence-electron chi connectivity index (χ1n) is 5.01. The van der Waals surface area contributed by atoms with Crippen molar-refractivity contribution >= 4 is 0 Å². The van der Waals surface area contributed by atoms with E-state index in [-0.39, 0.29) is 6.10 Å². The van der Waals surface area contributed by atoms with Crippen LogP contribution in [0.1, 0.15) is 37.0 Å². The molecule has 1 aromatic rings. The number of aliphatic hydroxyl groups excluding tert-OH is 1. The van der Waals surface area contributed by atoms with Crippen LogP contribution in [0.15, 0.2) is 18.2 Å². The monoisotopic (exact) mass is 194 g/mol. The third-order valence-electron chi connectivity index (χ3n) is 2.40. The molecule has 1 atom stereocenters. The smallest absolute Gasteiger partial charge is 0.119 e. The van der Waals surface area contributed by atoms with Crippen LogP contribution in [-0.2, 0) is 0 Å². The van der Waals surface area contributed by atoms with Gasteiger partial charge in [-0.1, -0.05) is 19.4 Å². The van der Waals surface area contributed by atoms with Gasteiger partial charge in [-0.15, -0.1) is 0 Å². The van der Waals surface area contributed by atoms with Crippen molar-refractivity contribution in [1.29, 1.82) is 0 Å². The highest BCUT2D eigenvalue weighted by molar-refractivity contribution is 5.35. The molecule has 1 rings (SSSR count). The van der Waals surface area contributed by atoms with E-state index in [9.17, 15) is 5.11 Å². The molecule has 0 unspecified atom stereocenters. The van der Waals surface area contributed by atoms with Crippen molar-refractivity contribution in [2.45, 2.75) is 32.8 Å². The predicted molar refractivity (Wildman–Crippen MR) is 57.6 cm³/mol. The van der Waals surface area contributed by atoms with Crippen LogP contribution in [0.2, 0.25) is 0 Å². The lowest BCUT2D eigenvalue weighted by Crippen LogP contribution is -1.99. The van der Waals surface area contributed by atoms with E-state index in [2.05, 4.69) is 6.92 Å². The Morgan fingerprint density at radius 1 is 1.43 bits per heavy atom. The average Bonchev–Trinajstić information content (AvgIpc) is 2.17. The fraction of sp³-hybridized carbons (Fsp3) is 0.500. The van der Waals surface area contributed by atoms with Crippen molar-refractivity contribution in [1.82, 2.24) is 0 Å². The van der Waals surface area contributed by atoms with E-state index in [1.54, 1.807) is 7.11 Å². The summed E-state index contributed by atoms with van der Waals surface area (Å²) >= 11 is 0. The van der Waals surface area contributed by atoms with E-state index in [4.69, 9.17) is 4.74 Å². The van der Waals surface area contributed by atoms with Gasteiger partial charge in [-0.2, -0.15) is 0 Å². The van der Waals surface area contributed by atoms with Gasteiger partial charge in [0.2, 0.25) is 0 Å². The van der Waals surface area contributed by atoms with E-state index in [0.29, 0.717) is 0 Å². The van der Waals surface area contributed by atoms with Gasteiger partial charge in [-0.25, -0.2) is 0 Å². The summed E-state index contributed by atoms with van der Waals surface area (Å²) in [5.41, 5.74) is 2.10. The lowest BCUT2D eigenvalue weighted by Gasteiger charge is -2.13. The number of methoxy groups -OCH3 is 1. The highest BCUT2D eigenvalue weighted by Crippen LogP contribution is 2.25. The van der Waals surface area contributed by atoms with Crippen molar-refractivity contribution in [3.05, 3.63) is 29.3 Å². The van der Waals surface area contributed by atoms with Crippen LogP contribution in [0.5, 0.6) is 5.75 Å². The minimum absolute atomic E-state index is 0.342. The molecule has 0 aromatic heterocycles. The van der Waals surface area contributed by atoms with Gasteiger partial charge in [0.1, 0.15) is 5.75 Å². The second-order valence-electron chi connectivity index (χ2n) is 3.53. The lowest BCUT2D eigenvalue weighted by atomic mass is 10.00. The zero-order chi connectivity index (χ0) is 10.6. The van der Waals surface area contributed by atoms with Gasteiger partial charge in [0.25, 0.3) is 0 Å². The van der Waals surface area contributed by atoms with Crippen LogP contribution in [0.25, 0.3) is 0 Å². The molecule has 1 N–H and O–H groups in total. The zero-order valence-corrected chi connectivity index (χ0v) is 9.08. The van der Waals surface area contributed by atoms with Gasteiger partial charge in [0.05, 0.1) is 13.2 Å². The van der Waals surface area contributed by atoms with Gasteiger partial charge in [-0.05, 0) is 36.6 Å². The second kappa shape index (κ2) is 5.01. The Balaban J connectivity index is 2.88. The molecule has 0 aliphatic carbocycles. The van der Waals surface area contributed by atoms with Crippen molar-refractivity contribution in [2.75, 3.05) is 7.11 Å². The average molecular weight is 194 g/mol. The Morgan fingerprint density at radius 2 is 2.14 bits per heavy atom. The summed E-state index contributed by atoms with van der Waals surface area (Å²) in [5, 5.41) is 9.82. The number of rotatable bonds is 4. The number of aliphatic hydroxyl groups is 1. The molecule has 0 aliphatic heterocycles. The molecule has 0 spiro atoms.